The van der Waals surface area contributed by atoms with Crippen molar-refractivity contribution in [3.63, 3.8) is 0 Å². The topological polar surface area (TPSA) is 85.1 Å². The molecule has 0 saturated carbocycles. The first-order valence-corrected chi connectivity index (χ1v) is 6.55. The summed E-state index contributed by atoms with van der Waals surface area (Å²) in [4.78, 5) is 28.1. The van der Waals surface area contributed by atoms with Gasteiger partial charge in [-0.25, -0.2) is 0 Å². The van der Waals surface area contributed by atoms with Gasteiger partial charge in [0.1, 0.15) is 0 Å². The lowest BCUT2D eigenvalue weighted by atomic mass is 10.1. The van der Waals surface area contributed by atoms with E-state index >= 15 is 0 Å². The first kappa shape index (κ1) is 14.7. The minimum atomic E-state index is -0.567. The SMILES string of the molecule is Cc1ccc(C(=O)Nc2cccc(C)c2C(N)=O)c(C)n1. The fourth-order valence-corrected chi connectivity index (χ4v) is 2.22. The van der Waals surface area contributed by atoms with Gasteiger partial charge in [-0.05, 0) is 44.5 Å². The predicted molar refractivity (Wildman–Crippen MR) is 81.4 cm³/mol. The highest BCUT2D eigenvalue weighted by Gasteiger charge is 2.15. The smallest absolute Gasteiger partial charge is 0.257 e. The van der Waals surface area contributed by atoms with Crippen molar-refractivity contribution in [2.45, 2.75) is 20.8 Å². The number of hydrogen-bond acceptors (Lipinski definition) is 3. The first-order chi connectivity index (χ1) is 9.90. The van der Waals surface area contributed by atoms with Crippen LogP contribution in [-0.4, -0.2) is 16.8 Å². The molecule has 0 aliphatic carbocycles. The molecule has 0 aliphatic heterocycles. The lowest BCUT2D eigenvalue weighted by Gasteiger charge is -2.12. The summed E-state index contributed by atoms with van der Waals surface area (Å²) in [5.74, 6) is -0.879. The van der Waals surface area contributed by atoms with Crippen molar-refractivity contribution in [2.75, 3.05) is 5.32 Å². The summed E-state index contributed by atoms with van der Waals surface area (Å²) < 4.78 is 0. The van der Waals surface area contributed by atoms with Crippen molar-refractivity contribution in [2.24, 2.45) is 5.73 Å². The number of nitrogens with zero attached hydrogens (tertiary/aromatic N) is 1. The third-order valence-corrected chi connectivity index (χ3v) is 3.24. The molecule has 2 amide bonds. The van der Waals surface area contributed by atoms with Crippen LogP contribution in [0.3, 0.4) is 0 Å². The number of primary amides is 1. The molecule has 0 bridgehead atoms. The Morgan fingerprint density at radius 2 is 1.81 bits per heavy atom. The summed E-state index contributed by atoms with van der Waals surface area (Å²) in [7, 11) is 0. The summed E-state index contributed by atoms with van der Waals surface area (Å²) in [5, 5.41) is 2.73. The number of hydrogen-bond donors (Lipinski definition) is 2. The summed E-state index contributed by atoms with van der Waals surface area (Å²) >= 11 is 0. The molecule has 0 atom stereocenters. The Kier molecular flexibility index (Phi) is 4.03. The number of benzene rings is 1. The van der Waals surface area contributed by atoms with E-state index in [0.29, 0.717) is 22.5 Å². The molecule has 1 aromatic carbocycles. The van der Waals surface area contributed by atoms with Crippen molar-refractivity contribution >= 4 is 17.5 Å². The molecule has 0 spiro atoms. The Bertz CT molecular complexity index is 723. The molecule has 21 heavy (non-hydrogen) atoms. The number of aromatic nitrogens is 1. The molecule has 108 valence electrons. The molecule has 1 heterocycles. The normalized spacial score (nSPS) is 10.2. The van der Waals surface area contributed by atoms with Crippen molar-refractivity contribution in [1.82, 2.24) is 4.98 Å². The van der Waals surface area contributed by atoms with Gasteiger partial charge in [0.2, 0.25) is 0 Å². The van der Waals surface area contributed by atoms with E-state index in [1.165, 1.54) is 0 Å². The minimum absolute atomic E-state index is 0.312. The van der Waals surface area contributed by atoms with Gasteiger partial charge in [0.05, 0.1) is 22.5 Å². The van der Waals surface area contributed by atoms with Gasteiger partial charge in [0, 0.05) is 5.69 Å². The molecular weight excluding hydrogens is 266 g/mol. The maximum Gasteiger partial charge on any atom is 0.257 e. The number of aryl methyl sites for hydroxylation is 3. The van der Waals surface area contributed by atoms with Crippen LogP contribution >= 0.6 is 0 Å². The van der Waals surface area contributed by atoms with Crippen LogP contribution in [0.1, 0.15) is 37.7 Å². The van der Waals surface area contributed by atoms with E-state index in [1.54, 1.807) is 44.2 Å². The Morgan fingerprint density at radius 1 is 1.10 bits per heavy atom. The highest BCUT2D eigenvalue weighted by Crippen LogP contribution is 2.20. The van der Waals surface area contributed by atoms with Gasteiger partial charge < -0.3 is 11.1 Å². The molecule has 5 nitrogen and oxygen atoms in total. The van der Waals surface area contributed by atoms with Crippen LogP contribution in [0, 0.1) is 20.8 Å². The number of nitrogens with one attached hydrogen (secondary N) is 1. The van der Waals surface area contributed by atoms with Crippen LogP contribution in [-0.2, 0) is 0 Å². The van der Waals surface area contributed by atoms with E-state index in [1.807, 2.05) is 6.92 Å². The minimum Gasteiger partial charge on any atom is -0.366 e. The Labute approximate surface area is 123 Å². The molecule has 0 unspecified atom stereocenters. The second-order valence-corrected chi connectivity index (χ2v) is 4.90. The van der Waals surface area contributed by atoms with Crippen LogP contribution in [0.4, 0.5) is 5.69 Å². The summed E-state index contributed by atoms with van der Waals surface area (Å²) in [5.41, 5.74) is 8.79. The molecule has 2 rings (SSSR count). The average molecular weight is 283 g/mol. The van der Waals surface area contributed by atoms with Gasteiger partial charge in [-0.3, -0.25) is 14.6 Å². The fourth-order valence-electron chi connectivity index (χ4n) is 2.22. The summed E-state index contributed by atoms with van der Waals surface area (Å²) in [6.45, 7) is 5.40. The van der Waals surface area contributed by atoms with Crippen LogP contribution in [0.25, 0.3) is 0 Å². The second-order valence-electron chi connectivity index (χ2n) is 4.90. The zero-order valence-electron chi connectivity index (χ0n) is 12.2. The third-order valence-electron chi connectivity index (χ3n) is 3.24. The van der Waals surface area contributed by atoms with E-state index in [0.717, 1.165) is 11.3 Å². The van der Waals surface area contributed by atoms with Gasteiger partial charge in [-0.15, -0.1) is 0 Å². The highest BCUT2D eigenvalue weighted by atomic mass is 16.2. The van der Waals surface area contributed by atoms with Crippen molar-refractivity contribution in [3.05, 3.63) is 58.4 Å². The molecule has 0 aliphatic rings. The molecular formula is C16H17N3O2. The molecule has 2 aromatic rings. The fraction of sp³-hybridized carbons (Fsp3) is 0.188. The van der Waals surface area contributed by atoms with E-state index in [-0.39, 0.29) is 5.91 Å². The third kappa shape index (κ3) is 3.08. The first-order valence-electron chi connectivity index (χ1n) is 6.55. The lowest BCUT2D eigenvalue weighted by molar-refractivity contribution is 0.100. The number of rotatable bonds is 3. The van der Waals surface area contributed by atoms with Crippen molar-refractivity contribution < 1.29 is 9.59 Å². The van der Waals surface area contributed by atoms with E-state index in [9.17, 15) is 9.59 Å². The average Bonchev–Trinajstić information content (AvgIpc) is 2.37. The monoisotopic (exact) mass is 283 g/mol. The maximum atomic E-state index is 12.3. The van der Waals surface area contributed by atoms with Gasteiger partial charge in [0.15, 0.2) is 0 Å². The van der Waals surface area contributed by atoms with Crippen LogP contribution in [0.15, 0.2) is 30.3 Å². The number of nitrogens with two attached hydrogens (primary N) is 1. The quantitative estimate of drug-likeness (QED) is 0.906. The summed E-state index contributed by atoms with van der Waals surface area (Å²) in [6.07, 6.45) is 0. The highest BCUT2D eigenvalue weighted by molar-refractivity contribution is 6.09. The summed E-state index contributed by atoms with van der Waals surface area (Å²) in [6, 6.07) is 8.67. The van der Waals surface area contributed by atoms with Gasteiger partial charge in [-0.1, -0.05) is 12.1 Å². The van der Waals surface area contributed by atoms with Crippen molar-refractivity contribution in [1.29, 1.82) is 0 Å². The zero-order valence-corrected chi connectivity index (χ0v) is 12.2. The van der Waals surface area contributed by atoms with Crippen LogP contribution in [0.5, 0.6) is 0 Å². The molecule has 0 radical (unpaired) electrons. The van der Waals surface area contributed by atoms with Gasteiger partial charge in [-0.2, -0.15) is 0 Å². The molecule has 3 N–H and O–H groups in total. The Balaban J connectivity index is 2.36. The Hall–Kier alpha value is -2.69. The number of carbonyl (C=O) groups excluding carboxylic acids is 2. The van der Waals surface area contributed by atoms with E-state index in [2.05, 4.69) is 10.3 Å². The Morgan fingerprint density at radius 3 is 2.43 bits per heavy atom. The standard InChI is InChI=1S/C16H17N3O2/c1-9-5-4-6-13(14(9)15(17)20)19-16(21)12-8-7-10(2)18-11(12)3/h4-8H,1-3H3,(H2,17,20)(H,19,21). The number of amides is 2. The van der Waals surface area contributed by atoms with Gasteiger partial charge in [0.25, 0.3) is 11.8 Å². The number of pyridine rings is 1. The predicted octanol–water partition coefficient (Wildman–Crippen LogP) is 2.36. The lowest BCUT2D eigenvalue weighted by Crippen LogP contribution is -2.20. The molecule has 0 fully saturated rings. The van der Waals surface area contributed by atoms with E-state index in [4.69, 9.17) is 5.73 Å². The molecule has 5 heteroatoms. The second kappa shape index (κ2) is 5.75. The van der Waals surface area contributed by atoms with E-state index < -0.39 is 5.91 Å². The molecule has 0 saturated heterocycles. The number of carbonyl (C=O) groups is 2. The van der Waals surface area contributed by atoms with Crippen molar-refractivity contribution in [3.8, 4) is 0 Å². The number of anilines is 1. The zero-order chi connectivity index (χ0) is 15.6. The van der Waals surface area contributed by atoms with Crippen LogP contribution < -0.4 is 11.1 Å². The maximum absolute atomic E-state index is 12.3. The van der Waals surface area contributed by atoms with Crippen LogP contribution in [0.2, 0.25) is 0 Å². The largest absolute Gasteiger partial charge is 0.366 e. The molecule has 1 aromatic heterocycles. The van der Waals surface area contributed by atoms with Gasteiger partial charge >= 0.3 is 0 Å².